The summed E-state index contributed by atoms with van der Waals surface area (Å²) in [6.45, 7) is 0. The second kappa shape index (κ2) is 8.32. The predicted molar refractivity (Wildman–Crippen MR) is 101 cm³/mol. The summed E-state index contributed by atoms with van der Waals surface area (Å²) in [4.78, 5) is 24.2. The molecule has 0 atom stereocenters. The molecule has 0 fully saturated rings. The van der Waals surface area contributed by atoms with Gasteiger partial charge in [-0.05, 0) is 46.8 Å². The van der Waals surface area contributed by atoms with Gasteiger partial charge >= 0.3 is 0 Å². The Hall–Kier alpha value is -3.40. The molecule has 1 heterocycles. The van der Waals surface area contributed by atoms with Crippen LogP contribution in [0.2, 0.25) is 0 Å². The van der Waals surface area contributed by atoms with Gasteiger partial charge in [-0.2, -0.15) is 0 Å². The molecule has 0 aliphatic rings. The molecule has 3 N–H and O–H groups in total. The molecule has 2 amide bonds. The van der Waals surface area contributed by atoms with Crippen LogP contribution in [0.25, 0.3) is 0 Å². The number of rotatable bonds is 6. The average Bonchev–Trinajstić information content (AvgIpc) is 3.07. The number of nitrogens with zero attached hydrogens (tertiary/aromatic N) is 4. The number of aryl methyl sites for hydroxylation is 1. The van der Waals surface area contributed by atoms with Crippen LogP contribution < -0.4 is 10.6 Å². The molecule has 10 heteroatoms. The number of phenols is 1. The topological polar surface area (TPSA) is 122 Å². The Labute approximate surface area is 158 Å². The van der Waals surface area contributed by atoms with Crippen molar-refractivity contribution in [3.8, 4) is 5.75 Å². The third-order valence-electron chi connectivity index (χ3n) is 3.50. The third kappa shape index (κ3) is 4.82. The van der Waals surface area contributed by atoms with Gasteiger partial charge in [0.25, 0.3) is 5.91 Å². The number of hydrogen-bond donors (Lipinski definition) is 3. The zero-order valence-electron chi connectivity index (χ0n) is 14.3. The lowest BCUT2D eigenvalue weighted by Gasteiger charge is -2.08. The molecule has 0 aliphatic carbocycles. The number of phenolic OH excluding ortho intramolecular Hbond substituents is 1. The summed E-state index contributed by atoms with van der Waals surface area (Å²) in [5.41, 5.74) is 1.29. The number of thioether (sulfide) groups is 1. The van der Waals surface area contributed by atoms with Crippen molar-refractivity contribution in [2.75, 3.05) is 16.4 Å². The van der Waals surface area contributed by atoms with Crippen molar-refractivity contribution in [3.05, 3.63) is 54.1 Å². The molecule has 0 saturated carbocycles. The number of anilines is 2. The summed E-state index contributed by atoms with van der Waals surface area (Å²) in [7, 11) is 1.69. The Morgan fingerprint density at radius 3 is 2.52 bits per heavy atom. The van der Waals surface area contributed by atoms with Crippen LogP contribution in [0.15, 0.2) is 53.7 Å². The fourth-order valence-corrected chi connectivity index (χ4v) is 2.80. The van der Waals surface area contributed by atoms with Crippen LogP contribution in [0.3, 0.4) is 0 Å². The van der Waals surface area contributed by atoms with Crippen LogP contribution in [0.4, 0.5) is 11.4 Å². The van der Waals surface area contributed by atoms with Gasteiger partial charge in [0.15, 0.2) is 0 Å². The molecule has 3 aromatic rings. The van der Waals surface area contributed by atoms with Crippen molar-refractivity contribution in [3.63, 3.8) is 0 Å². The number of carbonyl (C=O) groups excluding carboxylic acids is 2. The molecule has 0 saturated heterocycles. The first-order valence-corrected chi connectivity index (χ1v) is 8.86. The van der Waals surface area contributed by atoms with Gasteiger partial charge in [0.05, 0.1) is 11.4 Å². The first-order chi connectivity index (χ1) is 13.0. The maximum atomic E-state index is 12.2. The molecule has 1 aromatic heterocycles. The van der Waals surface area contributed by atoms with E-state index in [0.717, 1.165) is 0 Å². The van der Waals surface area contributed by atoms with Gasteiger partial charge in [-0.25, -0.2) is 4.68 Å². The standard InChI is InChI=1S/C17H16N6O3S/c1-23-17(20-21-22-23)27-10-15(25)18-12-8-6-11(7-9-12)16(26)19-13-4-2-3-5-14(13)24/h2-9,24H,10H2,1H3,(H,18,25)(H,19,26). The van der Waals surface area contributed by atoms with Crippen LogP contribution in [0, 0.1) is 0 Å². The highest BCUT2D eigenvalue weighted by Gasteiger charge is 2.10. The van der Waals surface area contributed by atoms with E-state index in [1.54, 1.807) is 49.5 Å². The molecule has 0 unspecified atom stereocenters. The Kier molecular flexibility index (Phi) is 5.67. The van der Waals surface area contributed by atoms with Crippen molar-refractivity contribution < 1.29 is 14.7 Å². The van der Waals surface area contributed by atoms with Crippen molar-refractivity contribution in [1.29, 1.82) is 0 Å². The van der Waals surface area contributed by atoms with E-state index >= 15 is 0 Å². The number of tetrazole rings is 1. The van der Waals surface area contributed by atoms with Crippen molar-refractivity contribution in [1.82, 2.24) is 20.2 Å². The summed E-state index contributed by atoms with van der Waals surface area (Å²) in [5, 5.41) is 26.6. The van der Waals surface area contributed by atoms with E-state index < -0.39 is 0 Å². The van der Waals surface area contributed by atoms with Crippen LogP contribution in [-0.2, 0) is 11.8 Å². The normalized spacial score (nSPS) is 10.4. The summed E-state index contributed by atoms with van der Waals surface area (Å²) in [6, 6.07) is 12.9. The number of aromatic hydroxyl groups is 1. The quantitative estimate of drug-likeness (QED) is 0.438. The molecule has 0 bridgehead atoms. The molecular weight excluding hydrogens is 368 g/mol. The molecule has 0 spiro atoms. The van der Waals surface area contributed by atoms with E-state index in [4.69, 9.17) is 0 Å². The summed E-state index contributed by atoms with van der Waals surface area (Å²) < 4.78 is 1.48. The number of hydrogen-bond acceptors (Lipinski definition) is 7. The Bertz CT molecular complexity index is 957. The van der Waals surface area contributed by atoms with Crippen molar-refractivity contribution >= 4 is 35.0 Å². The fourth-order valence-electron chi connectivity index (χ4n) is 2.15. The second-order valence-corrected chi connectivity index (χ2v) is 6.41. The number of nitrogens with one attached hydrogen (secondary N) is 2. The largest absolute Gasteiger partial charge is 0.506 e. The monoisotopic (exact) mass is 384 g/mol. The predicted octanol–water partition coefficient (Wildman–Crippen LogP) is 1.90. The Balaban J connectivity index is 1.55. The lowest BCUT2D eigenvalue weighted by atomic mass is 10.2. The SMILES string of the molecule is Cn1nnnc1SCC(=O)Nc1ccc(C(=O)Nc2ccccc2O)cc1. The first-order valence-electron chi connectivity index (χ1n) is 7.87. The van der Waals surface area contributed by atoms with Crippen molar-refractivity contribution in [2.45, 2.75) is 5.16 Å². The number of aromatic nitrogens is 4. The second-order valence-electron chi connectivity index (χ2n) is 5.47. The van der Waals surface area contributed by atoms with Crippen LogP contribution >= 0.6 is 11.8 Å². The van der Waals surface area contributed by atoms with Gasteiger partial charge in [0.2, 0.25) is 11.1 Å². The van der Waals surface area contributed by atoms with Crippen LogP contribution in [0.5, 0.6) is 5.75 Å². The number of amides is 2. The van der Waals surface area contributed by atoms with Crippen molar-refractivity contribution in [2.24, 2.45) is 7.05 Å². The van der Waals surface area contributed by atoms with E-state index in [2.05, 4.69) is 26.2 Å². The molecule has 3 rings (SSSR count). The minimum atomic E-state index is -0.361. The minimum absolute atomic E-state index is 0.00894. The molecular formula is C17H16N6O3S. The van der Waals surface area contributed by atoms with Gasteiger partial charge in [-0.3, -0.25) is 9.59 Å². The maximum absolute atomic E-state index is 12.2. The van der Waals surface area contributed by atoms with E-state index in [-0.39, 0.29) is 23.3 Å². The number of benzene rings is 2. The molecule has 9 nitrogen and oxygen atoms in total. The molecule has 2 aromatic carbocycles. The average molecular weight is 384 g/mol. The van der Waals surface area contributed by atoms with E-state index in [9.17, 15) is 14.7 Å². The highest BCUT2D eigenvalue weighted by Crippen LogP contribution is 2.22. The number of carbonyl (C=O) groups is 2. The fraction of sp³-hybridized carbons (Fsp3) is 0.118. The minimum Gasteiger partial charge on any atom is -0.506 e. The van der Waals surface area contributed by atoms with Gasteiger partial charge in [0, 0.05) is 18.3 Å². The van der Waals surface area contributed by atoms with Crippen LogP contribution in [-0.4, -0.2) is 42.9 Å². The van der Waals surface area contributed by atoms with E-state index in [1.165, 1.54) is 22.5 Å². The zero-order valence-corrected chi connectivity index (χ0v) is 15.1. The molecule has 0 radical (unpaired) electrons. The van der Waals surface area contributed by atoms with Gasteiger partial charge in [-0.1, -0.05) is 23.9 Å². The maximum Gasteiger partial charge on any atom is 0.255 e. The van der Waals surface area contributed by atoms with Gasteiger partial charge in [-0.15, -0.1) is 5.10 Å². The molecule has 27 heavy (non-hydrogen) atoms. The Morgan fingerprint density at radius 2 is 1.85 bits per heavy atom. The lowest BCUT2D eigenvalue weighted by molar-refractivity contribution is -0.113. The molecule has 0 aliphatic heterocycles. The van der Waals surface area contributed by atoms with E-state index in [0.29, 0.717) is 22.1 Å². The number of para-hydroxylation sites is 2. The Morgan fingerprint density at radius 1 is 1.11 bits per heavy atom. The highest BCUT2D eigenvalue weighted by molar-refractivity contribution is 7.99. The lowest BCUT2D eigenvalue weighted by Crippen LogP contribution is -2.15. The van der Waals surface area contributed by atoms with Gasteiger partial charge in [0.1, 0.15) is 5.75 Å². The summed E-state index contributed by atoms with van der Waals surface area (Å²) >= 11 is 1.22. The summed E-state index contributed by atoms with van der Waals surface area (Å²) in [5.74, 6) is -0.427. The molecule has 138 valence electrons. The third-order valence-corrected chi connectivity index (χ3v) is 4.51. The first kappa shape index (κ1) is 18.4. The summed E-state index contributed by atoms with van der Waals surface area (Å²) in [6.07, 6.45) is 0. The zero-order chi connectivity index (χ0) is 19.2. The smallest absolute Gasteiger partial charge is 0.255 e. The van der Waals surface area contributed by atoms with Crippen LogP contribution in [0.1, 0.15) is 10.4 Å². The highest BCUT2D eigenvalue weighted by atomic mass is 32.2. The van der Waals surface area contributed by atoms with E-state index in [1.807, 2.05) is 0 Å². The van der Waals surface area contributed by atoms with Gasteiger partial charge < -0.3 is 15.7 Å².